The maximum atomic E-state index is 12.4. The van der Waals surface area contributed by atoms with Crippen molar-refractivity contribution in [2.24, 2.45) is 11.8 Å². The molecule has 0 radical (unpaired) electrons. The molecule has 0 unspecified atom stereocenters. The summed E-state index contributed by atoms with van der Waals surface area (Å²) in [6.07, 6.45) is 10.3. The number of aromatic amines is 2. The van der Waals surface area contributed by atoms with Crippen molar-refractivity contribution in [1.82, 2.24) is 45.6 Å². The molecule has 8 aromatic rings. The SMILES string of the molecule is Cc1cccc(-c2[nH]ncc2-c2ccc3ncc(C(=O)O)cc3c2)n1.Cc1cccc(-c2[nH]ncc2-c2ccc3ncc(C(=O)OCC4CNC4)cc3c2)n1.OCC1CCC1. The number of carbonyl (C=O) groups excluding carboxylic acids is 1. The van der Waals surface area contributed by atoms with Gasteiger partial charge in [0.1, 0.15) is 0 Å². The van der Waals surface area contributed by atoms with Gasteiger partial charge in [-0.3, -0.25) is 30.1 Å². The Bertz CT molecular complexity index is 2830. The Labute approximate surface area is 351 Å². The van der Waals surface area contributed by atoms with Crippen LogP contribution in [0.2, 0.25) is 0 Å². The molecule has 14 heteroatoms. The third-order valence-electron chi connectivity index (χ3n) is 10.8. The fourth-order valence-corrected chi connectivity index (χ4v) is 7.01. The van der Waals surface area contributed by atoms with Gasteiger partial charge in [-0.25, -0.2) is 9.59 Å². The van der Waals surface area contributed by atoms with E-state index in [9.17, 15) is 9.59 Å². The lowest BCUT2D eigenvalue weighted by molar-refractivity contribution is 0.0397. The first-order valence-corrected chi connectivity index (χ1v) is 20.2. The summed E-state index contributed by atoms with van der Waals surface area (Å²) in [5.74, 6) is -0.254. The zero-order chi connectivity index (χ0) is 42.3. The Morgan fingerprint density at radius 2 is 1.23 bits per heavy atom. The second-order valence-corrected chi connectivity index (χ2v) is 15.3. The lowest BCUT2D eigenvalue weighted by Gasteiger charge is -2.26. The van der Waals surface area contributed by atoms with E-state index in [0.29, 0.717) is 30.6 Å². The van der Waals surface area contributed by atoms with E-state index in [1.165, 1.54) is 25.5 Å². The molecular weight excluding hydrogens is 771 g/mol. The van der Waals surface area contributed by atoms with Crippen molar-refractivity contribution in [2.75, 3.05) is 26.3 Å². The van der Waals surface area contributed by atoms with E-state index >= 15 is 0 Å². The number of carbonyl (C=O) groups is 2. The van der Waals surface area contributed by atoms with Crippen LogP contribution in [0, 0.1) is 25.7 Å². The standard InChI is InChI=1S/C23H21N5O2.C19H14N4O2.C5H10O/c1-14-3-2-4-21(27-14)22-19(12-26-28-22)16-5-6-20-17(7-16)8-18(11-25-20)23(29)30-13-15-9-24-10-15;1-11-3-2-4-17(22-11)18-15(10-21-23-18)12-5-6-16-13(7-12)8-14(9-20-16)19(24)25;6-4-5-2-1-3-5/h2-8,11-12,15,24H,9-10,13H2,1H3,(H,26,28);2-10H,1H3,(H,21,23)(H,24,25);5-6H,1-4H2. The molecule has 14 nitrogen and oxygen atoms in total. The van der Waals surface area contributed by atoms with Crippen LogP contribution in [0.1, 0.15) is 51.4 Å². The van der Waals surface area contributed by atoms with Crippen molar-refractivity contribution in [3.8, 4) is 45.0 Å². The molecule has 1 saturated heterocycles. The van der Waals surface area contributed by atoms with Crippen molar-refractivity contribution in [3.05, 3.63) is 132 Å². The predicted molar refractivity (Wildman–Crippen MR) is 233 cm³/mol. The van der Waals surface area contributed by atoms with E-state index in [0.717, 1.165) is 91.3 Å². The van der Waals surface area contributed by atoms with Crippen LogP contribution in [-0.4, -0.2) is 88.8 Å². The van der Waals surface area contributed by atoms with E-state index in [2.05, 4.69) is 45.6 Å². The van der Waals surface area contributed by atoms with Gasteiger partial charge in [0.15, 0.2) is 0 Å². The first-order valence-electron chi connectivity index (χ1n) is 20.2. The number of benzene rings is 2. The van der Waals surface area contributed by atoms with Crippen molar-refractivity contribution < 1.29 is 24.5 Å². The number of aliphatic hydroxyl groups excluding tert-OH is 1. The topological polar surface area (TPSA) is 205 Å². The molecule has 6 aromatic heterocycles. The number of rotatable bonds is 9. The molecule has 2 fully saturated rings. The Balaban J connectivity index is 0.000000150. The zero-order valence-corrected chi connectivity index (χ0v) is 33.8. The van der Waals surface area contributed by atoms with Gasteiger partial charge in [-0.1, -0.05) is 30.7 Å². The number of hydrogen-bond acceptors (Lipinski definition) is 11. The number of aromatic carboxylic acids is 1. The number of aryl methyl sites for hydroxylation is 2. The van der Waals surface area contributed by atoms with Crippen LogP contribution in [0.4, 0.5) is 0 Å². The van der Waals surface area contributed by atoms with Crippen molar-refractivity contribution in [2.45, 2.75) is 33.1 Å². The second-order valence-electron chi connectivity index (χ2n) is 15.3. The van der Waals surface area contributed by atoms with Gasteiger partial charge in [0.25, 0.3) is 0 Å². The number of aliphatic hydroxyl groups is 1. The number of H-pyrrole nitrogens is 2. The number of fused-ring (bicyclic) bond motifs is 2. The molecule has 0 amide bonds. The summed E-state index contributed by atoms with van der Waals surface area (Å²) < 4.78 is 5.43. The Kier molecular flexibility index (Phi) is 12.3. The number of aromatic nitrogens is 8. The number of nitrogens with zero attached hydrogens (tertiary/aromatic N) is 6. The Morgan fingerprint density at radius 3 is 1.67 bits per heavy atom. The summed E-state index contributed by atoms with van der Waals surface area (Å²) in [7, 11) is 0. The van der Waals surface area contributed by atoms with Crippen molar-refractivity contribution in [1.29, 1.82) is 0 Å². The molecule has 2 aromatic carbocycles. The highest BCUT2D eigenvalue weighted by Gasteiger charge is 2.20. The van der Waals surface area contributed by atoms with Gasteiger partial charge in [0.05, 0.1) is 63.9 Å². The minimum Gasteiger partial charge on any atom is -0.478 e. The third-order valence-corrected chi connectivity index (χ3v) is 10.8. The average molecular weight is 816 g/mol. The summed E-state index contributed by atoms with van der Waals surface area (Å²) >= 11 is 0. The van der Waals surface area contributed by atoms with E-state index < -0.39 is 5.97 Å². The molecule has 1 aliphatic carbocycles. The van der Waals surface area contributed by atoms with E-state index in [-0.39, 0.29) is 11.5 Å². The molecule has 1 saturated carbocycles. The molecule has 10 rings (SSSR count). The molecule has 2 aliphatic rings. The zero-order valence-electron chi connectivity index (χ0n) is 33.8. The van der Waals surface area contributed by atoms with Gasteiger partial charge in [-0.15, -0.1) is 0 Å². The molecule has 61 heavy (non-hydrogen) atoms. The number of esters is 1. The van der Waals surface area contributed by atoms with Gasteiger partial charge < -0.3 is 20.3 Å². The monoisotopic (exact) mass is 815 g/mol. The van der Waals surface area contributed by atoms with Gasteiger partial charge >= 0.3 is 11.9 Å². The molecule has 0 atom stereocenters. The van der Waals surface area contributed by atoms with Gasteiger partial charge in [-0.05, 0) is 104 Å². The molecule has 7 heterocycles. The van der Waals surface area contributed by atoms with Crippen LogP contribution in [0.3, 0.4) is 0 Å². The van der Waals surface area contributed by atoms with Crippen LogP contribution in [0.25, 0.3) is 66.8 Å². The molecule has 308 valence electrons. The Morgan fingerprint density at radius 1 is 0.689 bits per heavy atom. The average Bonchev–Trinajstić information content (AvgIpc) is 3.94. The maximum absolute atomic E-state index is 12.4. The highest BCUT2D eigenvalue weighted by atomic mass is 16.5. The lowest BCUT2D eigenvalue weighted by atomic mass is 9.86. The highest BCUT2D eigenvalue weighted by molar-refractivity contribution is 5.96. The van der Waals surface area contributed by atoms with Crippen LogP contribution in [-0.2, 0) is 4.74 Å². The molecule has 0 bridgehead atoms. The molecular formula is C47H45N9O5. The quantitative estimate of drug-likeness (QED) is 0.0884. The number of ether oxygens (including phenoxy) is 1. The maximum Gasteiger partial charge on any atom is 0.339 e. The summed E-state index contributed by atoms with van der Waals surface area (Å²) in [5, 5.41) is 36.8. The van der Waals surface area contributed by atoms with Gasteiger partial charge in [0, 0.05) is 71.3 Å². The fraction of sp³-hybridized carbons (Fsp3) is 0.234. The predicted octanol–water partition coefficient (Wildman–Crippen LogP) is 7.84. The van der Waals surface area contributed by atoms with Gasteiger partial charge in [-0.2, -0.15) is 10.2 Å². The Hall–Kier alpha value is -7.16. The van der Waals surface area contributed by atoms with Crippen LogP contribution < -0.4 is 5.32 Å². The number of carboxylic acid groups (broad SMARTS) is 1. The third kappa shape index (κ3) is 9.51. The number of pyridine rings is 4. The van der Waals surface area contributed by atoms with Crippen LogP contribution in [0.15, 0.2) is 110 Å². The number of hydrogen-bond donors (Lipinski definition) is 5. The summed E-state index contributed by atoms with van der Waals surface area (Å²) in [6.45, 7) is 6.55. The molecule has 1 aliphatic heterocycles. The van der Waals surface area contributed by atoms with E-state index in [1.54, 1.807) is 24.7 Å². The lowest BCUT2D eigenvalue weighted by Crippen LogP contribution is -2.44. The normalized spacial score (nSPS) is 13.6. The summed E-state index contributed by atoms with van der Waals surface area (Å²) in [5.41, 5.74) is 11.1. The highest BCUT2D eigenvalue weighted by Crippen LogP contribution is 2.33. The first kappa shape index (κ1) is 40.6. The summed E-state index contributed by atoms with van der Waals surface area (Å²) in [6, 6.07) is 26.9. The minimum absolute atomic E-state index is 0.164. The smallest absolute Gasteiger partial charge is 0.339 e. The molecule has 0 spiro atoms. The van der Waals surface area contributed by atoms with Crippen molar-refractivity contribution in [3.63, 3.8) is 0 Å². The number of nitrogens with one attached hydrogen (secondary N) is 3. The number of carboxylic acids is 1. The van der Waals surface area contributed by atoms with E-state index in [1.807, 2.05) is 92.7 Å². The van der Waals surface area contributed by atoms with Crippen molar-refractivity contribution >= 4 is 33.7 Å². The fourth-order valence-electron chi connectivity index (χ4n) is 7.01. The molecule has 5 N–H and O–H groups in total. The largest absolute Gasteiger partial charge is 0.478 e. The van der Waals surface area contributed by atoms with Gasteiger partial charge in [0.2, 0.25) is 0 Å². The van der Waals surface area contributed by atoms with Crippen LogP contribution >= 0.6 is 0 Å². The second kappa shape index (κ2) is 18.4. The van der Waals surface area contributed by atoms with Crippen LogP contribution in [0.5, 0.6) is 0 Å². The summed E-state index contributed by atoms with van der Waals surface area (Å²) in [4.78, 5) is 41.3. The minimum atomic E-state index is -0.993. The van der Waals surface area contributed by atoms with E-state index in [4.69, 9.17) is 14.9 Å². The first-order chi connectivity index (χ1) is 29.7.